The molecule has 1 aromatic carbocycles. The highest BCUT2D eigenvalue weighted by molar-refractivity contribution is 5.38. The SMILES string of the molecule is CCC(C)(CC)c1cc(C)cc(C(C)(CC)CC)c1. The molecule has 0 saturated heterocycles. The third kappa shape index (κ3) is 3.22. The maximum absolute atomic E-state index is 2.48. The van der Waals surface area contributed by atoms with E-state index >= 15 is 0 Å². The van der Waals surface area contributed by atoms with Crippen LogP contribution in [0, 0.1) is 6.92 Å². The molecule has 0 unspecified atom stereocenters. The summed E-state index contributed by atoms with van der Waals surface area (Å²) in [5.41, 5.74) is 5.11. The van der Waals surface area contributed by atoms with Crippen molar-refractivity contribution in [2.45, 2.75) is 85.0 Å². The van der Waals surface area contributed by atoms with Crippen molar-refractivity contribution in [2.24, 2.45) is 0 Å². The fraction of sp³-hybridized carbons (Fsp3) is 0.684. The topological polar surface area (TPSA) is 0 Å². The number of hydrogen-bond acceptors (Lipinski definition) is 0. The molecule has 1 rings (SSSR count). The fourth-order valence-electron chi connectivity index (χ4n) is 2.80. The predicted molar refractivity (Wildman–Crippen MR) is 87.0 cm³/mol. The highest BCUT2D eigenvalue weighted by Gasteiger charge is 2.27. The number of rotatable bonds is 6. The molecule has 0 N–H and O–H groups in total. The minimum Gasteiger partial charge on any atom is -0.0645 e. The molecular formula is C19H32. The van der Waals surface area contributed by atoms with Crippen LogP contribution in [0.5, 0.6) is 0 Å². The summed E-state index contributed by atoms with van der Waals surface area (Å²) in [6, 6.07) is 7.26. The summed E-state index contributed by atoms with van der Waals surface area (Å²) in [5.74, 6) is 0. The molecule has 0 spiro atoms. The van der Waals surface area contributed by atoms with Crippen LogP contribution in [0.2, 0.25) is 0 Å². The Morgan fingerprint density at radius 1 is 0.684 bits per heavy atom. The van der Waals surface area contributed by atoms with Crippen LogP contribution in [-0.4, -0.2) is 0 Å². The Kier molecular flexibility index (Phi) is 5.24. The Bertz CT molecular complexity index is 370. The van der Waals surface area contributed by atoms with Gasteiger partial charge in [0, 0.05) is 0 Å². The number of hydrogen-bond donors (Lipinski definition) is 0. The molecule has 0 aliphatic rings. The maximum Gasteiger partial charge on any atom is -0.00803 e. The zero-order valence-corrected chi connectivity index (χ0v) is 14.1. The van der Waals surface area contributed by atoms with Crippen molar-refractivity contribution in [3.8, 4) is 0 Å². The molecule has 1 aromatic rings. The van der Waals surface area contributed by atoms with Gasteiger partial charge in [0.05, 0.1) is 0 Å². The molecule has 0 radical (unpaired) electrons. The molecule has 0 heteroatoms. The van der Waals surface area contributed by atoms with Gasteiger partial charge in [0.25, 0.3) is 0 Å². The van der Waals surface area contributed by atoms with Crippen LogP contribution >= 0.6 is 0 Å². The van der Waals surface area contributed by atoms with Gasteiger partial charge in [-0.3, -0.25) is 0 Å². The highest BCUT2D eigenvalue weighted by Crippen LogP contribution is 2.37. The van der Waals surface area contributed by atoms with Crippen molar-refractivity contribution in [2.75, 3.05) is 0 Å². The maximum atomic E-state index is 2.48. The van der Waals surface area contributed by atoms with E-state index < -0.39 is 0 Å². The predicted octanol–water partition coefficient (Wildman–Crippen LogP) is 6.15. The first-order valence-electron chi connectivity index (χ1n) is 7.97. The fourth-order valence-corrected chi connectivity index (χ4v) is 2.80. The molecule has 0 bridgehead atoms. The second-order valence-corrected chi connectivity index (χ2v) is 6.62. The molecule has 0 atom stereocenters. The minimum absolute atomic E-state index is 0.323. The van der Waals surface area contributed by atoms with Crippen molar-refractivity contribution >= 4 is 0 Å². The lowest BCUT2D eigenvalue weighted by Crippen LogP contribution is -2.24. The van der Waals surface area contributed by atoms with E-state index in [0.29, 0.717) is 10.8 Å². The molecule has 0 heterocycles. The Labute approximate surface area is 120 Å². The van der Waals surface area contributed by atoms with Crippen LogP contribution in [0.4, 0.5) is 0 Å². The van der Waals surface area contributed by atoms with E-state index in [-0.39, 0.29) is 0 Å². The van der Waals surface area contributed by atoms with Crippen molar-refractivity contribution in [3.63, 3.8) is 0 Å². The summed E-state index contributed by atoms with van der Waals surface area (Å²) >= 11 is 0. The van der Waals surface area contributed by atoms with E-state index in [4.69, 9.17) is 0 Å². The first-order valence-corrected chi connectivity index (χ1v) is 7.97. The van der Waals surface area contributed by atoms with Gasteiger partial charge in [0.1, 0.15) is 0 Å². The lowest BCUT2D eigenvalue weighted by atomic mass is 9.72. The van der Waals surface area contributed by atoms with E-state index in [9.17, 15) is 0 Å². The Balaban J connectivity index is 3.36. The van der Waals surface area contributed by atoms with Crippen LogP contribution < -0.4 is 0 Å². The van der Waals surface area contributed by atoms with Crippen molar-refractivity contribution in [1.29, 1.82) is 0 Å². The van der Waals surface area contributed by atoms with Crippen LogP contribution in [-0.2, 0) is 10.8 Å². The van der Waals surface area contributed by atoms with Crippen LogP contribution in [0.3, 0.4) is 0 Å². The summed E-state index contributed by atoms with van der Waals surface area (Å²) in [5, 5.41) is 0. The largest absolute Gasteiger partial charge is 0.0645 e. The van der Waals surface area contributed by atoms with Crippen molar-refractivity contribution in [3.05, 3.63) is 34.9 Å². The first kappa shape index (κ1) is 16.3. The average molecular weight is 260 g/mol. The van der Waals surface area contributed by atoms with Gasteiger partial charge in [0.2, 0.25) is 0 Å². The molecule has 0 saturated carbocycles. The van der Waals surface area contributed by atoms with Crippen molar-refractivity contribution < 1.29 is 0 Å². The molecule has 0 aliphatic heterocycles. The first-order chi connectivity index (χ1) is 8.85. The van der Waals surface area contributed by atoms with Gasteiger partial charge in [-0.05, 0) is 54.6 Å². The minimum atomic E-state index is 0.323. The molecule has 19 heavy (non-hydrogen) atoms. The normalized spacial score (nSPS) is 12.8. The standard InChI is InChI=1S/C19H32/c1-8-18(6,9-2)16-12-15(5)13-17(14-16)19(7,10-3)11-4/h12-14H,8-11H2,1-7H3. The Hall–Kier alpha value is -0.780. The lowest BCUT2D eigenvalue weighted by molar-refractivity contribution is 0.423. The zero-order chi connectivity index (χ0) is 14.7. The van der Waals surface area contributed by atoms with Gasteiger partial charge in [-0.1, -0.05) is 65.3 Å². The van der Waals surface area contributed by atoms with Crippen LogP contribution in [0.15, 0.2) is 18.2 Å². The van der Waals surface area contributed by atoms with Crippen molar-refractivity contribution in [1.82, 2.24) is 0 Å². The molecule has 0 amide bonds. The van der Waals surface area contributed by atoms with Gasteiger partial charge < -0.3 is 0 Å². The van der Waals surface area contributed by atoms with Gasteiger partial charge >= 0.3 is 0 Å². The third-order valence-corrected chi connectivity index (χ3v) is 5.59. The van der Waals surface area contributed by atoms with Crippen LogP contribution in [0.25, 0.3) is 0 Å². The molecule has 0 aliphatic carbocycles. The summed E-state index contributed by atoms with van der Waals surface area (Å²) in [4.78, 5) is 0. The molecule has 108 valence electrons. The summed E-state index contributed by atoms with van der Waals surface area (Å²) in [7, 11) is 0. The number of benzene rings is 1. The molecule has 0 nitrogen and oxygen atoms in total. The second kappa shape index (κ2) is 6.11. The smallest absolute Gasteiger partial charge is 0.00803 e. The Morgan fingerprint density at radius 3 is 1.26 bits per heavy atom. The lowest BCUT2D eigenvalue weighted by Gasteiger charge is -2.32. The van der Waals surface area contributed by atoms with Gasteiger partial charge in [0.15, 0.2) is 0 Å². The Morgan fingerprint density at radius 2 is 1.00 bits per heavy atom. The van der Waals surface area contributed by atoms with E-state index in [1.54, 1.807) is 0 Å². The highest BCUT2D eigenvalue weighted by atomic mass is 14.3. The summed E-state index contributed by atoms with van der Waals surface area (Å²) in [6.45, 7) is 16.3. The van der Waals surface area contributed by atoms with E-state index in [0.717, 1.165) is 0 Å². The third-order valence-electron chi connectivity index (χ3n) is 5.59. The number of aryl methyl sites for hydroxylation is 1. The summed E-state index contributed by atoms with van der Waals surface area (Å²) in [6.07, 6.45) is 4.84. The van der Waals surface area contributed by atoms with E-state index in [2.05, 4.69) is 66.7 Å². The van der Waals surface area contributed by atoms with Gasteiger partial charge in [-0.25, -0.2) is 0 Å². The average Bonchev–Trinajstić information content (AvgIpc) is 2.44. The van der Waals surface area contributed by atoms with Gasteiger partial charge in [-0.2, -0.15) is 0 Å². The molecule has 0 aromatic heterocycles. The monoisotopic (exact) mass is 260 g/mol. The quantitative estimate of drug-likeness (QED) is 0.575. The van der Waals surface area contributed by atoms with E-state index in [1.165, 1.54) is 42.4 Å². The molecule has 0 fully saturated rings. The summed E-state index contributed by atoms with van der Waals surface area (Å²) < 4.78 is 0. The van der Waals surface area contributed by atoms with Crippen LogP contribution in [0.1, 0.15) is 83.9 Å². The van der Waals surface area contributed by atoms with Gasteiger partial charge in [-0.15, -0.1) is 0 Å². The molecular weight excluding hydrogens is 228 g/mol. The second-order valence-electron chi connectivity index (χ2n) is 6.62. The van der Waals surface area contributed by atoms with E-state index in [1.807, 2.05) is 0 Å². The zero-order valence-electron chi connectivity index (χ0n) is 14.1.